The van der Waals surface area contributed by atoms with Crippen LogP contribution in [0, 0.1) is 0 Å². The van der Waals surface area contributed by atoms with E-state index in [2.05, 4.69) is 10.1 Å². The number of carbonyl (C=O) groups is 2. The molecule has 0 aromatic carbocycles. The van der Waals surface area contributed by atoms with Crippen molar-refractivity contribution in [3.63, 3.8) is 0 Å². The molecule has 0 aliphatic carbocycles. The van der Waals surface area contributed by atoms with Gasteiger partial charge in [0.25, 0.3) is 0 Å². The highest BCUT2D eigenvalue weighted by Gasteiger charge is 2.16. The maximum Gasteiger partial charge on any atom is 0.407 e. The second-order valence-corrected chi connectivity index (χ2v) is 1.93. The Morgan fingerprint density at radius 2 is 2.18 bits per heavy atom. The van der Waals surface area contributed by atoms with Crippen LogP contribution in [0.15, 0.2) is 0 Å². The van der Waals surface area contributed by atoms with E-state index in [1.807, 2.05) is 0 Å². The molecule has 0 rings (SSSR count). The molecule has 0 aliphatic rings. The quantitative estimate of drug-likeness (QED) is 0.620. The molecule has 5 nitrogen and oxygen atoms in total. The largest absolute Gasteiger partial charge is 0.480 e. The van der Waals surface area contributed by atoms with Crippen molar-refractivity contribution in [2.24, 2.45) is 0 Å². The number of alkyl carbamates (subject to hydrolysis) is 1. The summed E-state index contributed by atoms with van der Waals surface area (Å²) in [4.78, 5) is 20.8. The van der Waals surface area contributed by atoms with Crippen molar-refractivity contribution in [1.29, 1.82) is 0 Å². The molecule has 0 radical (unpaired) electrons. The highest BCUT2D eigenvalue weighted by molar-refractivity contribution is 5.79. The first-order valence-corrected chi connectivity index (χ1v) is 3.19. The lowest BCUT2D eigenvalue weighted by Gasteiger charge is -2.09. The Bertz CT molecular complexity index is 157. The zero-order chi connectivity index (χ0) is 8.85. The van der Waals surface area contributed by atoms with Crippen LogP contribution in [0.1, 0.15) is 13.3 Å². The summed E-state index contributed by atoms with van der Waals surface area (Å²) in [6.45, 7) is 1.66. The molecule has 0 saturated heterocycles. The second-order valence-electron chi connectivity index (χ2n) is 1.93. The number of aliphatic carboxylic acids is 1. The van der Waals surface area contributed by atoms with Crippen molar-refractivity contribution in [3.05, 3.63) is 0 Å². The molecule has 0 bridgehead atoms. The molecule has 2 N–H and O–H groups in total. The van der Waals surface area contributed by atoms with Gasteiger partial charge in [-0.15, -0.1) is 0 Å². The predicted octanol–water partition coefficient (Wildman–Crippen LogP) is 0.206. The monoisotopic (exact) mass is 161 g/mol. The number of hydrogen-bond acceptors (Lipinski definition) is 3. The van der Waals surface area contributed by atoms with E-state index in [0.29, 0.717) is 6.42 Å². The lowest BCUT2D eigenvalue weighted by molar-refractivity contribution is -0.139. The predicted molar refractivity (Wildman–Crippen MR) is 37.3 cm³/mol. The van der Waals surface area contributed by atoms with Crippen LogP contribution in [0.25, 0.3) is 0 Å². The van der Waals surface area contributed by atoms with Crippen LogP contribution >= 0.6 is 0 Å². The molecule has 1 atom stereocenters. The van der Waals surface area contributed by atoms with Crippen molar-refractivity contribution < 1.29 is 19.4 Å². The average molecular weight is 161 g/mol. The molecule has 11 heavy (non-hydrogen) atoms. The second kappa shape index (κ2) is 4.54. The Morgan fingerprint density at radius 3 is 2.45 bits per heavy atom. The van der Waals surface area contributed by atoms with Gasteiger partial charge in [0.1, 0.15) is 6.04 Å². The van der Waals surface area contributed by atoms with Gasteiger partial charge in [-0.2, -0.15) is 0 Å². The molecule has 5 heteroatoms. The van der Waals surface area contributed by atoms with Gasteiger partial charge in [-0.25, -0.2) is 9.59 Å². The van der Waals surface area contributed by atoms with Crippen LogP contribution < -0.4 is 5.32 Å². The zero-order valence-corrected chi connectivity index (χ0v) is 6.46. The standard InChI is InChI=1S/C6H11NO4/c1-3-4(5(8)9)7-6(10)11-2/h4H,3H2,1-2H3,(H,7,10)(H,8,9)/t4-/m1/s1. The minimum Gasteiger partial charge on any atom is -0.480 e. The van der Waals surface area contributed by atoms with Gasteiger partial charge in [0, 0.05) is 0 Å². The normalized spacial score (nSPS) is 11.8. The van der Waals surface area contributed by atoms with Gasteiger partial charge in [-0.1, -0.05) is 6.92 Å². The van der Waals surface area contributed by atoms with E-state index in [-0.39, 0.29) is 0 Å². The third kappa shape index (κ3) is 3.44. The first kappa shape index (κ1) is 9.74. The van der Waals surface area contributed by atoms with Gasteiger partial charge in [-0.05, 0) is 6.42 Å². The summed E-state index contributed by atoms with van der Waals surface area (Å²) >= 11 is 0. The minimum atomic E-state index is -1.06. The van der Waals surface area contributed by atoms with E-state index in [9.17, 15) is 9.59 Å². The summed E-state index contributed by atoms with van der Waals surface area (Å²) in [6.07, 6.45) is -0.385. The number of methoxy groups -OCH3 is 1. The SMILES string of the molecule is CC[C@@H](NC(=O)OC)C(=O)O. The smallest absolute Gasteiger partial charge is 0.407 e. The van der Waals surface area contributed by atoms with Crippen molar-refractivity contribution in [1.82, 2.24) is 5.32 Å². The van der Waals surface area contributed by atoms with E-state index in [0.717, 1.165) is 0 Å². The molecule has 1 amide bonds. The van der Waals surface area contributed by atoms with E-state index in [1.165, 1.54) is 7.11 Å². The fourth-order valence-corrected chi connectivity index (χ4v) is 0.540. The summed E-state index contributed by atoms with van der Waals surface area (Å²) in [5.74, 6) is -1.06. The Balaban J connectivity index is 3.88. The first-order valence-electron chi connectivity index (χ1n) is 3.19. The minimum absolute atomic E-state index is 0.338. The van der Waals surface area contributed by atoms with Gasteiger partial charge in [0.05, 0.1) is 7.11 Å². The van der Waals surface area contributed by atoms with Crippen LogP contribution in [0.4, 0.5) is 4.79 Å². The maximum absolute atomic E-state index is 10.5. The molecule has 0 aliphatic heterocycles. The summed E-state index contributed by atoms with van der Waals surface area (Å²) in [5.41, 5.74) is 0. The van der Waals surface area contributed by atoms with E-state index in [1.54, 1.807) is 6.92 Å². The molecule has 64 valence electrons. The average Bonchev–Trinajstić information content (AvgIpc) is 1.99. The third-order valence-electron chi connectivity index (χ3n) is 1.18. The summed E-state index contributed by atoms with van der Waals surface area (Å²) < 4.78 is 4.22. The number of ether oxygens (including phenoxy) is 1. The molecule has 0 spiro atoms. The molecular weight excluding hydrogens is 150 g/mol. The van der Waals surface area contributed by atoms with Gasteiger partial charge in [0.2, 0.25) is 0 Å². The zero-order valence-electron chi connectivity index (χ0n) is 6.46. The topological polar surface area (TPSA) is 75.6 Å². The highest BCUT2D eigenvalue weighted by Crippen LogP contribution is 1.90. The van der Waals surface area contributed by atoms with Crippen LogP contribution in [-0.2, 0) is 9.53 Å². The third-order valence-corrected chi connectivity index (χ3v) is 1.18. The summed E-state index contributed by atoms with van der Waals surface area (Å²) in [6, 6.07) is -0.859. The number of carboxylic acids is 1. The van der Waals surface area contributed by atoms with Crippen molar-refractivity contribution in [3.8, 4) is 0 Å². The Hall–Kier alpha value is -1.26. The fourth-order valence-electron chi connectivity index (χ4n) is 0.540. The lowest BCUT2D eigenvalue weighted by atomic mass is 10.2. The number of amides is 1. The van der Waals surface area contributed by atoms with Crippen molar-refractivity contribution in [2.75, 3.05) is 7.11 Å². The van der Waals surface area contributed by atoms with Gasteiger partial charge in [-0.3, -0.25) is 0 Å². The molecular formula is C6H11NO4. The number of hydrogen-bond donors (Lipinski definition) is 2. The van der Waals surface area contributed by atoms with E-state index >= 15 is 0 Å². The lowest BCUT2D eigenvalue weighted by Crippen LogP contribution is -2.40. The molecule has 0 heterocycles. The maximum atomic E-state index is 10.5. The Kier molecular flexibility index (Phi) is 4.02. The molecule has 0 fully saturated rings. The summed E-state index contributed by atoms with van der Waals surface area (Å²) in [5, 5.41) is 10.6. The number of rotatable bonds is 3. The van der Waals surface area contributed by atoms with Crippen LogP contribution in [0.2, 0.25) is 0 Å². The fraction of sp³-hybridized carbons (Fsp3) is 0.667. The molecule has 0 aromatic rings. The number of nitrogens with one attached hydrogen (secondary N) is 1. The van der Waals surface area contributed by atoms with Crippen molar-refractivity contribution in [2.45, 2.75) is 19.4 Å². The molecule has 0 saturated carbocycles. The Labute approximate surface area is 64.3 Å². The summed E-state index contributed by atoms with van der Waals surface area (Å²) in [7, 11) is 1.18. The molecule has 0 unspecified atom stereocenters. The van der Waals surface area contributed by atoms with E-state index < -0.39 is 18.1 Å². The van der Waals surface area contributed by atoms with Crippen LogP contribution in [-0.4, -0.2) is 30.3 Å². The highest BCUT2D eigenvalue weighted by atomic mass is 16.5. The molecule has 0 aromatic heterocycles. The van der Waals surface area contributed by atoms with Gasteiger partial charge in [0.15, 0.2) is 0 Å². The Morgan fingerprint density at radius 1 is 1.64 bits per heavy atom. The van der Waals surface area contributed by atoms with Crippen molar-refractivity contribution >= 4 is 12.1 Å². The number of carboxylic acid groups (broad SMARTS) is 1. The van der Waals surface area contributed by atoms with Gasteiger partial charge >= 0.3 is 12.1 Å². The number of carbonyl (C=O) groups excluding carboxylic acids is 1. The van der Waals surface area contributed by atoms with Crippen LogP contribution in [0.3, 0.4) is 0 Å². The van der Waals surface area contributed by atoms with Crippen LogP contribution in [0.5, 0.6) is 0 Å². The van der Waals surface area contributed by atoms with E-state index in [4.69, 9.17) is 5.11 Å². The first-order chi connectivity index (χ1) is 5.11. The van der Waals surface area contributed by atoms with Gasteiger partial charge < -0.3 is 15.2 Å².